The molecule has 1 aromatic heterocycles. The molecule has 1 aliphatic rings. The van der Waals surface area contributed by atoms with Gasteiger partial charge in [0.15, 0.2) is 0 Å². The Hall–Kier alpha value is -3.34. The first-order valence-electron chi connectivity index (χ1n) is 8.81. The molecule has 5 nitrogen and oxygen atoms in total. The fourth-order valence-electron chi connectivity index (χ4n) is 3.31. The van der Waals surface area contributed by atoms with E-state index in [4.69, 9.17) is 9.15 Å². The van der Waals surface area contributed by atoms with Crippen LogP contribution in [0.4, 0.5) is 0 Å². The fraction of sp³-hybridized carbons (Fsp3) is 0.182. The molecule has 0 bridgehead atoms. The highest BCUT2D eigenvalue weighted by Crippen LogP contribution is 2.34. The summed E-state index contributed by atoms with van der Waals surface area (Å²) < 4.78 is 10.8. The predicted octanol–water partition coefficient (Wildman–Crippen LogP) is 4.59. The molecule has 5 heteroatoms. The van der Waals surface area contributed by atoms with Crippen LogP contribution in [-0.2, 0) is 0 Å². The Balaban J connectivity index is 1.73. The maximum Gasteiger partial charge on any atom is 0.274 e. The van der Waals surface area contributed by atoms with Crippen LogP contribution >= 0.6 is 0 Å². The topological polar surface area (TPSA) is 55.0 Å². The maximum atomic E-state index is 13.2. The van der Waals surface area contributed by atoms with E-state index in [1.54, 1.807) is 36.6 Å². The number of carbonyl (C=O) groups is 1. The minimum absolute atomic E-state index is 0.165. The highest BCUT2D eigenvalue weighted by Gasteiger charge is 2.34. The number of aryl methyl sites for hydroxylation is 1. The van der Waals surface area contributed by atoms with E-state index in [0.29, 0.717) is 23.5 Å². The minimum Gasteiger partial charge on any atom is -0.497 e. The Labute approximate surface area is 157 Å². The Morgan fingerprint density at radius 1 is 1.15 bits per heavy atom. The summed E-state index contributed by atoms with van der Waals surface area (Å²) in [4.78, 5) is 13.2. The fourth-order valence-corrected chi connectivity index (χ4v) is 3.31. The number of carbonyl (C=O) groups excluding carboxylic acids is 1. The summed E-state index contributed by atoms with van der Waals surface area (Å²) in [5.74, 6) is 1.16. The SMILES string of the molecule is COc1cccc(C(=O)N2N=C(c3ccco3)C[C@@H]2c2cccc(C)c2)c1. The van der Waals surface area contributed by atoms with E-state index in [1.807, 2.05) is 43.3 Å². The predicted molar refractivity (Wildman–Crippen MR) is 103 cm³/mol. The Morgan fingerprint density at radius 3 is 2.74 bits per heavy atom. The smallest absolute Gasteiger partial charge is 0.274 e. The van der Waals surface area contributed by atoms with Crippen molar-refractivity contribution < 1.29 is 13.9 Å². The van der Waals surface area contributed by atoms with Crippen LogP contribution < -0.4 is 4.74 Å². The van der Waals surface area contributed by atoms with Crippen molar-refractivity contribution in [3.8, 4) is 5.75 Å². The van der Waals surface area contributed by atoms with Gasteiger partial charge in [0.1, 0.15) is 17.2 Å². The molecular weight excluding hydrogens is 340 g/mol. The third-order valence-electron chi connectivity index (χ3n) is 4.67. The van der Waals surface area contributed by atoms with Gasteiger partial charge in [0.2, 0.25) is 0 Å². The normalized spacial score (nSPS) is 16.3. The van der Waals surface area contributed by atoms with Crippen molar-refractivity contribution in [3.63, 3.8) is 0 Å². The van der Waals surface area contributed by atoms with Crippen LogP contribution in [0.5, 0.6) is 5.75 Å². The number of furan rings is 1. The maximum absolute atomic E-state index is 13.2. The summed E-state index contributed by atoms with van der Waals surface area (Å²) in [6.07, 6.45) is 2.22. The molecule has 0 radical (unpaired) electrons. The highest BCUT2D eigenvalue weighted by atomic mass is 16.5. The summed E-state index contributed by atoms with van der Waals surface area (Å²) in [6, 6.07) is 18.8. The van der Waals surface area contributed by atoms with E-state index in [2.05, 4.69) is 11.2 Å². The van der Waals surface area contributed by atoms with Crippen LogP contribution in [0.15, 0.2) is 76.4 Å². The van der Waals surface area contributed by atoms with Crippen molar-refractivity contribution in [2.75, 3.05) is 7.11 Å². The first kappa shape index (κ1) is 17.1. The molecule has 27 heavy (non-hydrogen) atoms. The molecule has 1 aliphatic heterocycles. The van der Waals surface area contributed by atoms with Gasteiger partial charge in [-0.3, -0.25) is 4.79 Å². The molecule has 0 aliphatic carbocycles. The van der Waals surface area contributed by atoms with Crippen molar-refractivity contribution in [3.05, 3.63) is 89.4 Å². The van der Waals surface area contributed by atoms with Crippen LogP contribution in [0.25, 0.3) is 0 Å². The Bertz CT molecular complexity index is 992. The molecule has 1 atom stereocenters. The lowest BCUT2D eigenvalue weighted by molar-refractivity contribution is 0.0710. The molecule has 0 fully saturated rings. The van der Waals surface area contributed by atoms with Crippen LogP contribution in [-0.4, -0.2) is 23.7 Å². The molecule has 2 heterocycles. The number of nitrogens with zero attached hydrogens (tertiary/aromatic N) is 2. The van der Waals surface area contributed by atoms with Gasteiger partial charge in [-0.25, -0.2) is 5.01 Å². The van der Waals surface area contributed by atoms with E-state index >= 15 is 0 Å². The number of ether oxygens (including phenoxy) is 1. The van der Waals surface area contributed by atoms with Crippen molar-refractivity contribution >= 4 is 11.6 Å². The molecule has 0 saturated heterocycles. The Morgan fingerprint density at radius 2 is 2.00 bits per heavy atom. The van der Waals surface area contributed by atoms with E-state index < -0.39 is 0 Å². The first-order chi connectivity index (χ1) is 13.2. The number of hydrazone groups is 1. The highest BCUT2D eigenvalue weighted by molar-refractivity contribution is 6.03. The molecule has 3 aromatic rings. The van der Waals surface area contributed by atoms with Crippen molar-refractivity contribution in [2.24, 2.45) is 5.10 Å². The molecule has 136 valence electrons. The lowest BCUT2D eigenvalue weighted by atomic mass is 9.99. The van der Waals surface area contributed by atoms with E-state index in [1.165, 1.54) is 0 Å². The number of hydrogen-bond donors (Lipinski definition) is 0. The average Bonchev–Trinajstić information content (AvgIpc) is 3.37. The van der Waals surface area contributed by atoms with Crippen molar-refractivity contribution in [1.82, 2.24) is 5.01 Å². The van der Waals surface area contributed by atoms with Gasteiger partial charge >= 0.3 is 0 Å². The summed E-state index contributed by atoms with van der Waals surface area (Å²) in [5, 5.41) is 6.17. The number of amides is 1. The summed E-state index contributed by atoms with van der Waals surface area (Å²) >= 11 is 0. The van der Waals surface area contributed by atoms with Gasteiger partial charge in [-0.1, -0.05) is 35.9 Å². The van der Waals surface area contributed by atoms with Gasteiger partial charge in [0.25, 0.3) is 5.91 Å². The lowest BCUT2D eigenvalue weighted by Crippen LogP contribution is -2.27. The van der Waals surface area contributed by atoms with Crippen LogP contribution in [0.3, 0.4) is 0 Å². The quantitative estimate of drug-likeness (QED) is 0.684. The van der Waals surface area contributed by atoms with Crippen molar-refractivity contribution in [2.45, 2.75) is 19.4 Å². The second-order valence-corrected chi connectivity index (χ2v) is 6.54. The van der Waals surface area contributed by atoms with Crippen molar-refractivity contribution in [1.29, 1.82) is 0 Å². The molecule has 0 spiro atoms. The number of methoxy groups -OCH3 is 1. The van der Waals surface area contributed by atoms with Crippen LogP contribution in [0, 0.1) is 6.92 Å². The van der Waals surface area contributed by atoms with Gasteiger partial charge in [-0.15, -0.1) is 0 Å². The molecular formula is C22H20N2O3. The summed E-state index contributed by atoms with van der Waals surface area (Å²) in [7, 11) is 1.59. The molecule has 4 rings (SSSR count). The zero-order chi connectivity index (χ0) is 18.8. The second kappa shape index (κ2) is 7.11. The number of hydrogen-bond acceptors (Lipinski definition) is 4. The zero-order valence-corrected chi connectivity index (χ0v) is 15.3. The minimum atomic E-state index is -0.177. The monoisotopic (exact) mass is 360 g/mol. The molecule has 0 saturated carbocycles. The van der Waals surface area contributed by atoms with Crippen LogP contribution in [0.1, 0.15) is 39.7 Å². The molecule has 1 amide bonds. The van der Waals surface area contributed by atoms with E-state index in [0.717, 1.165) is 16.8 Å². The summed E-state index contributed by atoms with van der Waals surface area (Å²) in [5.41, 5.74) is 3.50. The third-order valence-corrected chi connectivity index (χ3v) is 4.67. The first-order valence-corrected chi connectivity index (χ1v) is 8.81. The average molecular weight is 360 g/mol. The molecule has 2 aromatic carbocycles. The lowest BCUT2D eigenvalue weighted by Gasteiger charge is -2.22. The number of rotatable bonds is 4. The zero-order valence-electron chi connectivity index (χ0n) is 15.3. The van der Waals surface area contributed by atoms with Gasteiger partial charge in [-0.05, 0) is 42.8 Å². The van der Waals surface area contributed by atoms with Crippen LogP contribution in [0.2, 0.25) is 0 Å². The molecule has 0 N–H and O–H groups in total. The van der Waals surface area contributed by atoms with Gasteiger partial charge < -0.3 is 9.15 Å². The number of benzene rings is 2. The largest absolute Gasteiger partial charge is 0.497 e. The molecule has 0 unspecified atom stereocenters. The van der Waals surface area contributed by atoms with Gasteiger partial charge in [-0.2, -0.15) is 5.10 Å². The van der Waals surface area contributed by atoms with Gasteiger partial charge in [0.05, 0.1) is 19.4 Å². The van der Waals surface area contributed by atoms with Gasteiger partial charge in [0, 0.05) is 12.0 Å². The third kappa shape index (κ3) is 3.36. The second-order valence-electron chi connectivity index (χ2n) is 6.54. The Kier molecular flexibility index (Phi) is 4.50. The van der Waals surface area contributed by atoms with E-state index in [9.17, 15) is 4.79 Å². The van der Waals surface area contributed by atoms with E-state index in [-0.39, 0.29) is 11.9 Å². The summed E-state index contributed by atoms with van der Waals surface area (Å²) in [6.45, 7) is 2.04. The standard InChI is InChI=1S/C22H20N2O3/c1-15-6-3-7-16(12-15)20-14-19(21-10-5-11-27-21)23-24(20)22(25)17-8-4-9-18(13-17)26-2/h3-13,20H,14H2,1-2H3/t20-/m1/s1.